The van der Waals surface area contributed by atoms with Crippen molar-refractivity contribution in [2.45, 2.75) is 21.8 Å². The average molecular weight is 1090 g/mol. The van der Waals surface area contributed by atoms with Crippen molar-refractivity contribution in [1.29, 1.82) is 0 Å². The van der Waals surface area contributed by atoms with Crippen LogP contribution in [0.15, 0.2) is 158 Å². The van der Waals surface area contributed by atoms with Crippen LogP contribution < -0.4 is 31.9 Å². The van der Waals surface area contributed by atoms with Crippen molar-refractivity contribution in [1.82, 2.24) is 24.7 Å². The number of hydrogen-bond acceptors (Lipinski definition) is 16. The Labute approximate surface area is 467 Å². The Kier molecular flexibility index (Phi) is 24.5. The van der Waals surface area contributed by atoms with E-state index in [2.05, 4.69) is 36.8 Å². The second-order valence-corrected chi connectivity index (χ2v) is 17.8. The number of hydrogen-bond donors (Lipinski definition) is 4. The number of fused-ring (bicyclic) bond motifs is 1. The number of carbonyl (C=O) groups is 6. The Morgan fingerprint density at radius 3 is 1.15 bits per heavy atom. The maximum atomic E-state index is 12.5. The lowest BCUT2D eigenvalue weighted by Crippen LogP contribution is -2.48. The summed E-state index contributed by atoms with van der Waals surface area (Å²) in [5.74, 6) is -0.602. The number of nitrogen functional groups attached to an aromatic ring is 3. The van der Waals surface area contributed by atoms with Gasteiger partial charge in [0.15, 0.2) is 12.6 Å². The summed E-state index contributed by atoms with van der Waals surface area (Å²) in [5, 5.41) is 18.2. The highest BCUT2D eigenvalue weighted by atomic mass is 16.6. The summed E-state index contributed by atoms with van der Waals surface area (Å²) in [6.07, 6.45) is 3.80. The number of piperazine rings is 3. The fourth-order valence-electron chi connectivity index (χ4n) is 8.61. The summed E-state index contributed by atoms with van der Waals surface area (Å²) in [7, 11) is 0. The Morgan fingerprint density at radius 2 is 0.812 bits per heavy atom. The lowest BCUT2D eigenvalue weighted by atomic mass is 10.1. The molecule has 6 aromatic carbocycles. The fourth-order valence-corrected chi connectivity index (χ4v) is 8.61. The SMILES string of the molecule is C.C.CC(=O)O.Nc1cc(N2CCN(C(=O)c3ccccc3)CC2)ccc1[N+](=O)[O-].Nc1ccc(N2CCN(C(=O)c3ccccc3)CC2)cc1N.O=C(c1ccccc1)N1CCN(c2ccc3nccnc3c2)CC1.O=CC=O.[HH]. The average Bonchev–Trinajstić information content (AvgIpc) is 3.48. The molecule has 0 spiro atoms. The van der Waals surface area contributed by atoms with Gasteiger partial charge in [-0.15, -0.1) is 0 Å². The topological polar surface area (TPSA) is 289 Å². The van der Waals surface area contributed by atoms with E-state index in [1.54, 1.807) is 24.5 Å². The van der Waals surface area contributed by atoms with Crippen molar-refractivity contribution in [3.8, 4) is 0 Å². The van der Waals surface area contributed by atoms with Gasteiger partial charge in [0.05, 0.1) is 27.3 Å². The number of carboxylic acids is 1. The number of amides is 3. The monoisotopic (exact) mass is 1090 g/mol. The van der Waals surface area contributed by atoms with Crippen LogP contribution >= 0.6 is 0 Å². The van der Waals surface area contributed by atoms with Crippen molar-refractivity contribution < 1.29 is 40.2 Å². The molecule has 21 nitrogen and oxygen atoms in total. The van der Waals surface area contributed by atoms with E-state index < -0.39 is 10.9 Å². The van der Waals surface area contributed by atoms with Gasteiger partial charge in [-0.2, -0.15) is 0 Å². The summed E-state index contributed by atoms with van der Waals surface area (Å²) >= 11 is 0. The highest BCUT2D eigenvalue weighted by molar-refractivity contribution is 6.09. The summed E-state index contributed by atoms with van der Waals surface area (Å²) in [5.41, 5.74) is 25.6. The second-order valence-electron chi connectivity index (χ2n) is 17.8. The van der Waals surface area contributed by atoms with E-state index in [1.165, 1.54) is 6.07 Å². The fraction of sp³-hybridized carbons (Fsp3) is 0.254. The molecule has 4 heterocycles. The number of benzene rings is 6. The first kappa shape index (κ1) is 62.6. The largest absolute Gasteiger partial charge is 0.481 e. The molecule has 7 aromatic rings. The molecular formula is C59H72N12O9. The number of aromatic nitrogens is 2. The number of nitrogens with zero attached hydrogens (tertiary/aromatic N) is 9. The van der Waals surface area contributed by atoms with Gasteiger partial charge in [-0.1, -0.05) is 69.5 Å². The molecule has 1 aromatic heterocycles. The number of carbonyl (C=O) groups excluding carboxylic acids is 5. The zero-order valence-electron chi connectivity index (χ0n) is 43.1. The number of aldehydes is 2. The van der Waals surface area contributed by atoms with Crippen LogP contribution in [0, 0.1) is 10.1 Å². The van der Waals surface area contributed by atoms with Gasteiger partial charge < -0.3 is 51.7 Å². The van der Waals surface area contributed by atoms with E-state index in [-0.39, 0.29) is 57.9 Å². The maximum absolute atomic E-state index is 12.5. The van der Waals surface area contributed by atoms with Crippen LogP contribution in [0.5, 0.6) is 0 Å². The molecule has 0 unspecified atom stereocenters. The molecule has 0 aliphatic carbocycles. The van der Waals surface area contributed by atoms with Gasteiger partial charge in [0.25, 0.3) is 29.4 Å². The van der Waals surface area contributed by atoms with Crippen LogP contribution in [0.2, 0.25) is 0 Å². The number of rotatable bonds is 8. The van der Waals surface area contributed by atoms with E-state index in [0.29, 0.717) is 56.2 Å². The standard InChI is InChI=1S/C19H18N4O.C17H18N4O3.C17H20N4O.C2H4O2.C2H2O2.2CH4.H2/c24-19(15-4-2-1-3-5-15)23-12-10-22(11-13-23)16-6-7-17-18(14-16)21-9-8-20-17;18-15-12-14(6-7-16(15)21(23)24)19-8-10-20(11-9-19)17(22)13-4-2-1-3-5-13;18-15-7-6-14(12-16(15)19)20-8-10-21(11-9-20)17(22)13-4-2-1-3-5-13;1-2(3)4;3-1-2-4;;;/h1-9,14H,10-13H2;1-7,12H,8-11,18H2;1-7,12H,8-11,18-19H2;1H3,(H,3,4);1-2H;2*1H4;1H. The molecule has 3 fully saturated rings. The minimum Gasteiger partial charge on any atom is -0.481 e. The van der Waals surface area contributed by atoms with Crippen LogP contribution in [0.25, 0.3) is 11.0 Å². The maximum Gasteiger partial charge on any atom is 0.300 e. The summed E-state index contributed by atoms with van der Waals surface area (Å²) in [6.45, 7) is 9.72. The molecule has 80 heavy (non-hydrogen) atoms. The van der Waals surface area contributed by atoms with Crippen molar-refractivity contribution in [3.05, 3.63) is 185 Å². The molecule has 422 valence electrons. The highest BCUT2D eigenvalue weighted by Crippen LogP contribution is 2.28. The Balaban J connectivity index is 0.000000294. The third kappa shape index (κ3) is 17.8. The quantitative estimate of drug-likeness (QED) is 0.0376. The molecule has 3 aliphatic heterocycles. The van der Waals surface area contributed by atoms with Gasteiger partial charge in [-0.3, -0.25) is 48.8 Å². The number of carboxylic acid groups (broad SMARTS) is 1. The Bertz CT molecular complexity index is 3130. The van der Waals surface area contributed by atoms with Crippen molar-refractivity contribution in [2.75, 3.05) is 110 Å². The summed E-state index contributed by atoms with van der Waals surface area (Å²) in [4.78, 5) is 95.2. The Morgan fingerprint density at radius 1 is 0.487 bits per heavy atom. The number of aliphatic carboxylic acids is 1. The van der Waals surface area contributed by atoms with Gasteiger partial charge in [0.2, 0.25) is 0 Å². The minimum atomic E-state index is -0.833. The lowest BCUT2D eigenvalue weighted by molar-refractivity contribution is -0.383. The molecule has 3 aliphatic rings. The van der Waals surface area contributed by atoms with E-state index in [9.17, 15) is 24.5 Å². The predicted octanol–water partition coefficient (Wildman–Crippen LogP) is 7.54. The molecule has 0 bridgehead atoms. The molecule has 0 radical (unpaired) electrons. The van der Waals surface area contributed by atoms with Crippen LogP contribution in [-0.2, 0) is 14.4 Å². The van der Waals surface area contributed by atoms with Gasteiger partial charge in [0, 0.05) is 139 Å². The van der Waals surface area contributed by atoms with Crippen molar-refractivity contribution in [3.63, 3.8) is 0 Å². The summed E-state index contributed by atoms with van der Waals surface area (Å²) < 4.78 is 0. The van der Waals surface area contributed by atoms with Crippen molar-refractivity contribution in [2.24, 2.45) is 0 Å². The first-order valence-corrected chi connectivity index (χ1v) is 24.9. The molecule has 3 amide bonds. The molecular weight excluding hydrogens is 1020 g/mol. The number of nitro benzene ring substituents is 1. The normalized spacial score (nSPS) is 13.5. The van der Waals surface area contributed by atoms with Gasteiger partial charge in [0.1, 0.15) is 5.69 Å². The smallest absolute Gasteiger partial charge is 0.300 e. The van der Waals surface area contributed by atoms with E-state index in [0.717, 1.165) is 85.4 Å². The lowest BCUT2D eigenvalue weighted by Gasteiger charge is -2.36. The van der Waals surface area contributed by atoms with E-state index in [4.69, 9.17) is 36.7 Å². The third-order valence-corrected chi connectivity index (χ3v) is 12.6. The molecule has 21 heteroatoms. The highest BCUT2D eigenvalue weighted by Gasteiger charge is 2.26. The van der Waals surface area contributed by atoms with Gasteiger partial charge >= 0.3 is 0 Å². The first-order valence-electron chi connectivity index (χ1n) is 24.9. The van der Waals surface area contributed by atoms with E-state index >= 15 is 0 Å². The van der Waals surface area contributed by atoms with E-state index in [1.807, 2.05) is 130 Å². The van der Waals surface area contributed by atoms with Crippen molar-refractivity contribution >= 4 is 87.1 Å². The number of nitro groups is 1. The molecule has 0 saturated carbocycles. The first-order chi connectivity index (χ1) is 37.7. The molecule has 0 atom stereocenters. The predicted molar refractivity (Wildman–Crippen MR) is 317 cm³/mol. The van der Waals surface area contributed by atoms with Crippen LogP contribution in [-0.4, -0.2) is 149 Å². The summed E-state index contributed by atoms with van der Waals surface area (Å²) in [6, 6.07) is 44.7. The van der Waals surface area contributed by atoms with Crippen LogP contribution in [0.4, 0.5) is 39.8 Å². The minimum absolute atomic E-state index is 0. The van der Waals surface area contributed by atoms with Crippen LogP contribution in [0.3, 0.4) is 0 Å². The molecule has 10 rings (SSSR count). The second kappa shape index (κ2) is 31.3. The number of anilines is 6. The zero-order chi connectivity index (χ0) is 56.0. The third-order valence-electron chi connectivity index (χ3n) is 12.6. The Hall–Kier alpha value is -9.92. The van der Waals surface area contributed by atoms with Gasteiger partial charge in [-0.05, 0) is 84.9 Å². The molecule has 3 saturated heterocycles. The van der Waals surface area contributed by atoms with Gasteiger partial charge in [-0.25, -0.2) is 0 Å². The zero-order valence-corrected chi connectivity index (χ0v) is 43.1. The number of nitrogens with two attached hydrogens (primary N) is 3. The van der Waals surface area contributed by atoms with Crippen LogP contribution in [0.1, 0.15) is 54.3 Å². The molecule has 7 N–H and O–H groups in total.